The predicted molar refractivity (Wildman–Crippen MR) is 121 cm³/mol. The minimum atomic E-state index is -3.34. The summed E-state index contributed by atoms with van der Waals surface area (Å²) in [4.78, 5) is 17.4. The fraction of sp³-hybridized carbons (Fsp3) is 0.167. The van der Waals surface area contributed by atoms with Gasteiger partial charge in [0.1, 0.15) is 5.82 Å². The van der Waals surface area contributed by atoms with Crippen LogP contribution in [0, 0.1) is 6.92 Å². The quantitative estimate of drug-likeness (QED) is 0.448. The second-order valence-corrected chi connectivity index (χ2v) is 9.38. The van der Waals surface area contributed by atoms with Gasteiger partial charge in [-0.1, -0.05) is 36.4 Å². The average molecular weight is 434 g/mol. The number of amides is 1. The molecule has 4 rings (SSSR count). The summed E-state index contributed by atoms with van der Waals surface area (Å²) >= 11 is 0. The normalized spacial score (nSPS) is 11.5. The van der Waals surface area contributed by atoms with Crippen molar-refractivity contribution in [2.24, 2.45) is 0 Å². The van der Waals surface area contributed by atoms with E-state index in [4.69, 9.17) is 0 Å². The van der Waals surface area contributed by atoms with Gasteiger partial charge in [-0.15, -0.1) is 0 Å². The van der Waals surface area contributed by atoms with Gasteiger partial charge >= 0.3 is 0 Å². The summed E-state index contributed by atoms with van der Waals surface area (Å²) in [5, 5.41) is 2.80. The van der Waals surface area contributed by atoms with E-state index in [0.29, 0.717) is 16.9 Å². The van der Waals surface area contributed by atoms with Crippen molar-refractivity contribution in [3.05, 3.63) is 90.3 Å². The van der Waals surface area contributed by atoms with Gasteiger partial charge in [-0.3, -0.25) is 9.36 Å². The maximum absolute atomic E-state index is 12.5. The van der Waals surface area contributed by atoms with Crippen LogP contribution in [-0.4, -0.2) is 36.2 Å². The Balaban J connectivity index is 1.42. The third kappa shape index (κ3) is 4.51. The molecule has 6 nitrogen and oxygen atoms in total. The third-order valence-corrected chi connectivity index (χ3v) is 6.89. The number of carbonyl (C=O) groups is 1. The minimum absolute atomic E-state index is 0.0169. The van der Waals surface area contributed by atoms with Crippen molar-refractivity contribution in [3.63, 3.8) is 0 Å². The first-order valence-corrected chi connectivity index (χ1v) is 11.7. The molecule has 1 aromatic heterocycles. The Morgan fingerprint density at radius 2 is 1.65 bits per heavy atom. The maximum Gasteiger partial charge on any atom is 0.251 e. The van der Waals surface area contributed by atoms with Crippen LogP contribution in [0.5, 0.6) is 0 Å². The lowest BCUT2D eigenvalue weighted by molar-refractivity contribution is 0.0954. The topological polar surface area (TPSA) is 81.1 Å². The average Bonchev–Trinajstić information content (AvgIpc) is 3.12. The Bertz CT molecular complexity index is 1310. The van der Waals surface area contributed by atoms with Crippen molar-refractivity contribution in [2.75, 3.05) is 12.3 Å². The summed E-state index contributed by atoms with van der Waals surface area (Å²) in [5.41, 5.74) is 3.17. The standard InChI is InChI=1S/C24H23N3O3S/c1-18-26-22-17-19(13-14-23(22)27(18)20-9-4-2-5-10-20)24(28)25-15-8-16-31(29,30)21-11-6-3-7-12-21/h2-7,9-14,17H,8,15-16H2,1H3,(H,25,28). The van der Waals surface area contributed by atoms with Gasteiger partial charge in [0.05, 0.1) is 21.7 Å². The number of nitrogens with zero attached hydrogens (tertiary/aromatic N) is 2. The van der Waals surface area contributed by atoms with Crippen LogP contribution in [0.15, 0.2) is 83.8 Å². The Morgan fingerprint density at radius 3 is 2.35 bits per heavy atom. The molecule has 3 aromatic carbocycles. The molecule has 0 saturated heterocycles. The van der Waals surface area contributed by atoms with E-state index >= 15 is 0 Å². The van der Waals surface area contributed by atoms with E-state index in [0.717, 1.165) is 22.5 Å². The molecule has 1 amide bonds. The molecule has 31 heavy (non-hydrogen) atoms. The molecule has 0 unspecified atom stereocenters. The van der Waals surface area contributed by atoms with Crippen LogP contribution in [0.4, 0.5) is 0 Å². The van der Waals surface area contributed by atoms with Crippen LogP contribution in [0.1, 0.15) is 22.6 Å². The maximum atomic E-state index is 12.5. The molecule has 1 heterocycles. The van der Waals surface area contributed by atoms with Gasteiger partial charge in [-0.2, -0.15) is 0 Å². The summed E-state index contributed by atoms with van der Waals surface area (Å²) in [6.07, 6.45) is 0.340. The van der Waals surface area contributed by atoms with Crippen molar-refractivity contribution in [1.29, 1.82) is 0 Å². The summed E-state index contributed by atoms with van der Waals surface area (Å²) < 4.78 is 26.7. The van der Waals surface area contributed by atoms with E-state index in [2.05, 4.69) is 10.3 Å². The van der Waals surface area contributed by atoms with Gasteiger partial charge in [-0.25, -0.2) is 13.4 Å². The summed E-state index contributed by atoms with van der Waals surface area (Å²) in [7, 11) is -3.34. The van der Waals surface area contributed by atoms with E-state index in [-0.39, 0.29) is 18.2 Å². The number of nitrogens with one attached hydrogen (secondary N) is 1. The van der Waals surface area contributed by atoms with Gasteiger partial charge in [0.25, 0.3) is 5.91 Å². The Labute approximate surface area is 181 Å². The fourth-order valence-electron chi connectivity index (χ4n) is 3.56. The smallest absolute Gasteiger partial charge is 0.251 e. The van der Waals surface area contributed by atoms with Crippen LogP contribution in [0.2, 0.25) is 0 Å². The highest BCUT2D eigenvalue weighted by molar-refractivity contribution is 7.91. The number of hydrogen-bond acceptors (Lipinski definition) is 4. The molecule has 0 aliphatic heterocycles. The van der Waals surface area contributed by atoms with Crippen LogP contribution in [0.3, 0.4) is 0 Å². The second-order valence-electron chi connectivity index (χ2n) is 7.27. The molecule has 7 heteroatoms. The van der Waals surface area contributed by atoms with Crippen molar-refractivity contribution >= 4 is 26.8 Å². The monoisotopic (exact) mass is 433 g/mol. The minimum Gasteiger partial charge on any atom is -0.352 e. The first kappa shape index (κ1) is 20.8. The zero-order valence-corrected chi connectivity index (χ0v) is 18.0. The molecule has 0 aliphatic rings. The van der Waals surface area contributed by atoms with Crippen molar-refractivity contribution in [1.82, 2.24) is 14.9 Å². The highest BCUT2D eigenvalue weighted by atomic mass is 32.2. The summed E-state index contributed by atoms with van der Waals surface area (Å²) in [6.45, 7) is 2.21. The molecule has 0 bridgehead atoms. The molecule has 4 aromatic rings. The lowest BCUT2D eigenvalue weighted by Gasteiger charge is -2.08. The van der Waals surface area contributed by atoms with Crippen LogP contribution in [0.25, 0.3) is 16.7 Å². The number of sulfone groups is 1. The summed E-state index contributed by atoms with van der Waals surface area (Å²) in [6, 6.07) is 23.7. The number of benzene rings is 3. The van der Waals surface area contributed by atoms with Crippen molar-refractivity contribution in [2.45, 2.75) is 18.2 Å². The molecule has 1 N–H and O–H groups in total. The molecular weight excluding hydrogens is 410 g/mol. The van der Waals surface area contributed by atoms with Crippen LogP contribution < -0.4 is 5.32 Å². The Hall–Kier alpha value is -3.45. The number of imidazole rings is 1. The predicted octanol–water partition coefficient (Wildman–Crippen LogP) is 3.93. The number of fused-ring (bicyclic) bond motifs is 1. The molecular formula is C24H23N3O3S. The van der Waals surface area contributed by atoms with E-state index in [1.54, 1.807) is 42.5 Å². The zero-order chi connectivity index (χ0) is 21.8. The van der Waals surface area contributed by atoms with E-state index in [9.17, 15) is 13.2 Å². The number of rotatable bonds is 7. The number of carbonyl (C=O) groups excluding carboxylic acids is 1. The number of aryl methyl sites for hydroxylation is 1. The van der Waals surface area contributed by atoms with E-state index in [1.165, 1.54) is 0 Å². The number of hydrogen-bond donors (Lipinski definition) is 1. The first-order chi connectivity index (χ1) is 15.0. The molecule has 0 saturated carbocycles. The molecule has 0 aliphatic carbocycles. The van der Waals surface area contributed by atoms with Gasteiger partial charge in [0.2, 0.25) is 0 Å². The zero-order valence-electron chi connectivity index (χ0n) is 17.2. The summed E-state index contributed by atoms with van der Waals surface area (Å²) in [5.74, 6) is 0.576. The molecule has 0 fully saturated rings. The van der Waals surface area contributed by atoms with Gasteiger partial charge in [-0.05, 0) is 55.8 Å². The first-order valence-electron chi connectivity index (χ1n) is 10.1. The molecule has 0 spiro atoms. The van der Waals surface area contributed by atoms with Crippen molar-refractivity contribution in [3.8, 4) is 5.69 Å². The van der Waals surface area contributed by atoms with Gasteiger partial charge in [0.15, 0.2) is 9.84 Å². The lowest BCUT2D eigenvalue weighted by atomic mass is 10.2. The van der Waals surface area contributed by atoms with Gasteiger partial charge in [0, 0.05) is 17.8 Å². The molecule has 0 atom stereocenters. The highest BCUT2D eigenvalue weighted by Gasteiger charge is 2.15. The number of para-hydroxylation sites is 1. The molecule has 158 valence electrons. The third-order valence-electron chi connectivity index (χ3n) is 5.08. The lowest BCUT2D eigenvalue weighted by Crippen LogP contribution is -2.26. The SMILES string of the molecule is Cc1nc2cc(C(=O)NCCCS(=O)(=O)c3ccccc3)ccc2n1-c1ccccc1. The second kappa shape index (κ2) is 8.73. The number of aromatic nitrogens is 2. The van der Waals surface area contributed by atoms with Crippen LogP contribution in [-0.2, 0) is 9.84 Å². The van der Waals surface area contributed by atoms with Crippen LogP contribution >= 0.6 is 0 Å². The van der Waals surface area contributed by atoms with Gasteiger partial charge < -0.3 is 5.32 Å². The van der Waals surface area contributed by atoms with Crippen molar-refractivity contribution < 1.29 is 13.2 Å². The Kier molecular flexibility index (Phi) is 5.86. The Morgan fingerprint density at radius 1 is 0.968 bits per heavy atom. The largest absolute Gasteiger partial charge is 0.352 e. The van der Waals surface area contributed by atoms with E-state index in [1.807, 2.05) is 47.9 Å². The fourth-order valence-corrected chi connectivity index (χ4v) is 4.89. The van der Waals surface area contributed by atoms with E-state index < -0.39 is 9.84 Å². The molecule has 0 radical (unpaired) electrons. The highest BCUT2D eigenvalue weighted by Crippen LogP contribution is 2.22.